The van der Waals surface area contributed by atoms with Gasteiger partial charge in [0, 0.05) is 23.9 Å². The summed E-state index contributed by atoms with van der Waals surface area (Å²) in [5.74, 6) is 0.109. The molecule has 0 aliphatic heterocycles. The molecule has 0 atom stereocenters. The molecule has 0 aromatic rings. The molecule has 0 aromatic heterocycles. The number of hydrogen-bond donors (Lipinski definition) is 2. The lowest BCUT2D eigenvalue weighted by Gasteiger charge is -2.21. The van der Waals surface area contributed by atoms with Crippen LogP contribution in [0.1, 0.15) is 67.2 Å². The maximum absolute atomic E-state index is 11.5. The zero-order valence-electron chi connectivity index (χ0n) is 12.6. The Morgan fingerprint density at radius 1 is 0.722 bits per heavy atom. The highest BCUT2D eigenvalue weighted by Gasteiger charge is 2.15. The van der Waals surface area contributed by atoms with Crippen molar-refractivity contribution in [3.8, 4) is 0 Å². The largest absolute Gasteiger partial charge is 0.352 e. The van der Waals surface area contributed by atoms with Crippen LogP contribution in [-0.4, -0.2) is 22.9 Å². The molecule has 0 saturated carbocycles. The van der Waals surface area contributed by atoms with Gasteiger partial charge in [0.2, 0.25) is 11.8 Å². The van der Waals surface area contributed by atoms with Gasteiger partial charge in [-0.15, -0.1) is 0 Å². The molecule has 0 saturated heterocycles. The summed E-state index contributed by atoms with van der Waals surface area (Å²) in [6, 6.07) is 0. The number of hydrogen-bond acceptors (Lipinski definition) is 2. The Balaban J connectivity index is 3.69. The van der Waals surface area contributed by atoms with E-state index in [1.165, 1.54) is 0 Å². The van der Waals surface area contributed by atoms with Crippen LogP contribution in [0.15, 0.2) is 0 Å². The summed E-state index contributed by atoms with van der Waals surface area (Å²) in [6.45, 7) is 11.8. The summed E-state index contributed by atoms with van der Waals surface area (Å²) in [7, 11) is 0. The van der Waals surface area contributed by atoms with Crippen molar-refractivity contribution in [2.45, 2.75) is 78.3 Å². The Hall–Kier alpha value is -1.06. The van der Waals surface area contributed by atoms with E-state index in [-0.39, 0.29) is 22.9 Å². The minimum atomic E-state index is -0.180. The molecule has 0 fully saturated rings. The topological polar surface area (TPSA) is 58.2 Å². The highest BCUT2D eigenvalue weighted by Crippen LogP contribution is 2.05. The van der Waals surface area contributed by atoms with Crippen LogP contribution in [-0.2, 0) is 9.59 Å². The second-order valence-electron chi connectivity index (χ2n) is 6.80. The van der Waals surface area contributed by atoms with Gasteiger partial charge >= 0.3 is 0 Å². The van der Waals surface area contributed by atoms with Crippen molar-refractivity contribution >= 4 is 11.8 Å². The van der Waals surface area contributed by atoms with Crippen molar-refractivity contribution in [3.63, 3.8) is 0 Å². The Labute approximate surface area is 111 Å². The van der Waals surface area contributed by atoms with Crippen LogP contribution in [0.3, 0.4) is 0 Å². The maximum atomic E-state index is 11.5. The van der Waals surface area contributed by atoms with Crippen LogP contribution in [0.4, 0.5) is 0 Å². The van der Waals surface area contributed by atoms with E-state index in [9.17, 15) is 9.59 Å². The summed E-state index contributed by atoms with van der Waals surface area (Å²) < 4.78 is 0. The van der Waals surface area contributed by atoms with Crippen LogP contribution in [0.25, 0.3) is 0 Å². The molecule has 0 aromatic carbocycles. The van der Waals surface area contributed by atoms with Crippen molar-refractivity contribution in [2.24, 2.45) is 0 Å². The third kappa shape index (κ3) is 11.4. The van der Waals surface area contributed by atoms with E-state index in [1.54, 1.807) is 0 Å². The van der Waals surface area contributed by atoms with E-state index in [0.29, 0.717) is 12.8 Å². The predicted octanol–water partition coefficient (Wildman–Crippen LogP) is 2.38. The molecular weight excluding hydrogens is 228 g/mol. The second-order valence-corrected chi connectivity index (χ2v) is 6.80. The monoisotopic (exact) mass is 256 g/mol. The lowest BCUT2D eigenvalue weighted by Crippen LogP contribution is -2.41. The molecule has 2 N–H and O–H groups in total. The standard InChI is InChI=1S/C14H28N2O2/c1-13(2,3)15-11(17)9-7-8-10-12(18)16-14(4,5)6/h7-10H2,1-6H3,(H,15,17)(H,16,18). The van der Waals surface area contributed by atoms with Crippen LogP contribution < -0.4 is 10.6 Å². The first-order valence-electron chi connectivity index (χ1n) is 6.62. The highest BCUT2D eigenvalue weighted by molar-refractivity contribution is 5.77. The number of rotatable bonds is 5. The minimum Gasteiger partial charge on any atom is -0.352 e. The molecule has 0 aliphatic carbocycles. The van der Waals surface area contributed by atoms with Crippen LogP contribution >= 0.6 is 0 Å². The number of nitrogens with one attached hydrogen (secondary N) is 2. The Bertz CT molecular complexity index is 255. The zero-order chi connectivity index (χ0) is 14.4. The van der Waals surface area contributed by atoms with Gasteiger partial charge in [-0.1, -0.05) is 0 Å². The van der Waals surface area contributed by atoms with Crippen molar-refractivity contribution in [1.29, 1.82) is 0 Å². The van der Waals surface area contributed by atoms with Gasteiger partial charge in [-0.3, -0.25) is 9.59 Å². The summed E-state index contributed by atoms with van der Waals surface area (Å²) in [6.07, 6.45) is 2.47. The molecule has 4 nitrogen and oxygen atoms in total. The molecule has 0 aliphatic rings. The van der Waals surface area contributed by atoms with Crippen molar-refractivity contribution < 1.29 is 9.59 Å². The molecule has 0 spiro atoms. The molecule has 2 amide bonds. The van der Waals surface area contributed by atoms with Crippen molar-refractivity contribution in [3.05, 3.63) is 0 Å². The smallest absolute Gasteiger partial charge is 0.220 e. The first kappa shape index (κ1) is 16.9. The summed E-state index contributed by atoms with van der Waals surface area (Å²) in [5, 5.41) is 5.81. The molecule has 0 unspecified atom stereocenters. The molecular formula is C14H28N2O2. The van der Waals surface area contributed by atoms with Gasteiger partial charge in [0.1, 0.15) is 0 Å². The number of unbranched alkanes of at least 4 members (excludes halogenated alkanes) is 1. The van der Waals surface area contributed by atoms with Crippen LogP contribution in [0.2, 0.25) is 0 Å². The number of carbonyl (C=O) groups excluding carboxylic acids is 2. The molecule has 18 heavy (non-hydrogen) atoms. The Morgan fingerprint density at radius 3 is 1.22 bits per heavy atom. The van der Waals surface area contributed by atoms with E-state index >= 15 is 0 Å². The van der Waals surface area contributed by atoms with E-state index in [1.807, 2.05) is 41.5 Å². The fourth-order valence-electron chi connectivity index (χ4n) is 1.53. The first-order valence-corrected chi connectivity index (χ1v) is 6.62. The second kappa shape index (κ2) is 6.76. The number of amides is 2. The summed E-state index contributed by atoms with van der Waals surface area (Å²) >= 11 is 0. The maximum Gasteiger partial charge on any atom is 0.220 e. The average Bonchev–Trinajstić information content (AvgIpc) is 2.06. The zero-order valence-corrected chi connectivity index (χ0v) is 12.6. The van der Waals surface area contributed by atoms with Crippen LogP contribution in [0, 0.1) is 0 Å². The van der Waals surface area contributed by atoms with Gasteiger partial charge in [-0.05, 0) is 54.4 Å². The SMILES string of the molecule is CC(C)(C)NC(=O)CCCCC(=O)NC(C)(C)C. The lowest BCUT2D eigenvalue weighted by molar-refractivity contribution is -0.124. The van der Waals surface area contributed by atoms with E-state index in [4.69, 9.17) is 0 Å². The third-order valence-electron chi connectivity index (χ3n) is 2.09. The third-order valence-corrected chi connectivity index (χ3v) is 2.09. The lowest BCUT2D eigenvalue weighted by atomic mass is 10.1. The average molecular weight is 256 g/mol. The number of carbonyl (C=O) groups is 2. The van der Waals surface area contributed by atoms with Gasteiger partial charge in [0.15, 0.2) is 0 Å². The van der Waals surface area contributed by atoms with Gasteiger partial charge in [0.25, 0.3) is 0 Å². The quantitative estimate of drug-likeness (QED) is 0.742. The Morgan fingerprint density at radius 2 is 1.00 bits per heavy atom. The predicted molar refractivity (Wildman–Crippen MR) is 74.3 cm³/mol. The van der Waals surface area contributed by atoms with Crippen molar-refractivity contribution in [1.82, 2.24) is 10.6 Å². The Kier molecular flexibility index (Phi) is 6.36. The fourth-order valence-corrected chi connectivity index (χ4v) is 1.53. The molecule has 0 heterocycles. The molecule has 0 radical (unpaired) electrons. The summed E-state index contributed by atoms with van der Waals surface area (Å²) in [4.78, 5) is 23.0. The van der Waals surface area contributed by atoms with Gasteiger partial charge in [-0.25, -0.2) is 0 Å². The van der Waals surface area contributed by atoms with E-state index in [2.05, 4.69) is 10.6 Å². The van der Waals surface area contributed by atoms with Gasteiger partial charge in [0.05, 0.1) is 0 Å². The van der Waals surface area contributed by atoms with Gasteiger partial charge < -0.3 is 10.6 Å². The van der Waals surface area contributed by atoms with Crippen molar-refractivity contribution in [2.75, 3.05) is 0 Å². The summed E-state index contributed by atoms with van der Waals surface area (Å²) in [5.41, 5.74) is -0.360. The minimum absolute atomic E-state index is 0.0544. The van der Waals surface area contributed by atoms with E-state index < -0.39 is 0 Å². The molecule has 0 rings (SSSR count). The highest BCUT2D eigenvalue weighted by atomic mass is 16.2. The van der Waals surface area contributed by atoms with Crippen LogP contribution in [0.5, 0.6) is 0 Å². The molecule has 0 bridgehead atoms. The van der Waals surface area contributed by atoms with E-state index in [0.717, 1.165) is 12.8 Å². The molecule has 106 valence electrons. The van der Waals surface area contributed by atoms with Gasteiger partial charge in [-0.2, -0.15) is 0 Å². The molecule has 4 heteroatoms. The first-order chi connectivity index (χ1) is 7.99. The fraction of sp³-hybridized carbons (Fsp3) is 0.857. The normalized spacial score (nSPS) is 12.1.